The van der Waals surface area contributed by atoms with Gasteiger partial charge in [0.2, 0.25) is 0 Å². The maximum atomic E-state index is 4.22. The van der Waals surface area contributed by atoms with Gasteiger partial charge in [0.1, 0.15) is 0 Å². The lowest BCUT2D eigenvalue weighted by Crippen LogP contribution is -2.27. The number of benzene rings is 1. The van der Waals surface area contributed by atoms with Gasteiger partial charge >= 0.3 is 0 Å². The molecule has 3 rings (SSSR count). The van der Waals surface area contributed by atoms with Crippen molar-refractivity contribution in [1.29, 1.82) is 0 Å². The van der Waals surface area contributed by atoms with Crippen molar-refractivity contribution in [3.05, 3.63) is 53.3 Å². The van der Waals surface area contributed by atoms with Crippen LogP contribution in [0, 0.1) is 0 Å². The summed E-state index contributed by atoms with van der Waals surface area (Å²) in [6.07, 6.45) is 7.62. The minimum absolute atomic E-state index is 0.513. The SMILES string of the molecule is CC1CCC(NCCc2cnn(C)c2)c2ccccc21. The van der Waals surface area contributed by atoms with Crippen molar-refractivity contribution in [3.8, 4) is 0 Å². The number of rotatable bonds is 4. The molecule has 1 aromatic heterocycles. The number of nitrogens with one attached hydrogen (secondary N) is 1. The van der Waals surface area contributed by atoms with Crippen LogP contribution in [0.1, 0.15) is 48.4 Å². The summed E-state index contributed by atoms with van der Waals surface area (Å²) in [5.74, 6) is 0.697. The molecule has 2 atom stereocenters. The second-order valence-corrected chi connectivity index (χ2v) is 5.89. The Morgan fingerprint density at radius 3 is 2.80 bits per heavy atom. The molecule has 20 heavy (non-hydrogen) atoms. The highest BCUT2D eigenvalue weighted by Crippen LogP contribution is 2.36. The molecule has 106 valence electrons. The maximum Gasteiger partial charge on any atom is 0.0522 e. The lowest BCUT2D eigenvalue weighted by atomic mass is 9.81. The molecule has 2 aromatic rings. The second-order valence-electron chi connectivity index (χ2n) is 5.89. The predicted molar refractivity (Wildman–Crippen MR) is 81.7 cm³/mol. The van der Waals surface area contributed by atoms with Crippen LogP contribution in [0.3, 0.4) is 0 Å². The first-order valence-electron chi connectivity index (χ1n) is 7.54. The van der Waals surface area contributed by atoms with E-state index >= 15 is 0 Å². The Hall–Kier alpha value is -1.61. The lowest BCUT2D eigenvalue weighted by molar-refractivity contribution is 0.434. The van der Waals surface area contributed by atoms with Crippen molar-refractivity contribution in [3.63, 3.8) is 0 Å². The smallest absolute Gasteiger partial charge is 0.0522 e. The van der Waals surface area contributed by atoms with Crippen molar-refractivity contribution in [2.75, 3.05) is 6.54 Å². The molecule has 0 bridgehead atoms. The van der Waals surface area contributed by atoms with Gasteiger partial charge in [-0.3, -0.25) is 4.68 Å². The topological polar surface area (TPSA) is 29.9 Å². The van der Waals surface area contributed by atoms with E-state index in [0.717, 1.165) is 13.0 Å². The van der Waals surface area contributed by atoms with E-state index in [2.05, 4.69) is 47.8 Å². The highest BCUT2D eigenvalue weighted by Gasteiger charge is 2.23. The van der Waals surface area contributed by atoms with Crippen molar-refractivity contribution in [1.82, 2.24) is 15.1 Å². The van der Waals surface area contributed by atoms with Crippen molar-refractivity contribution in [2.24, 2.45) is 7.05 Å². The normalized spacial score (nSPS) is 21.7. The number of hydrogen-bond acceptors (Lipinski definition) is 2. The summed E-state index contributed by atoms with van der Waals surface area (Å²) in [6.45, 7) is 3.35. The van der Waals surface area contributed by atoms with E-state index in [1.165, 1.54) is 29.5 Å². The Balaban J connectivity index is 1.62. The Morgan fingerprint density at radius 2 is 2.05 bits per heavy atom. The summed E-state index contributed by atoms with van der Waals surface area (Å²) in [6, 6.07) is 9.40. The molecule has 1 N–H and O–H groups in total. The summed E-state index contributed by atoms with van der Waals surface area (Å²) >= 11 is 0. The van der Waals surface area contributed by atoms with Crippen LogP contribution in [-0.4, -0.2) is 16.3 Å². The second kappa shape index (κ2) is 5.80. The first-order chi connectivity index (χ1) is 9.74. The van der Waals surface area contributed by atoms with Gasteiger partial charge in [-0.25, -0.2) is 0 Å². The standard InChI is InChI=1S/C17H23N3/c1-13-7-8-17(16-6-4-3-5-15(13)16)18-10-9-14-11-19-20(2)12-14/h3-6,11-13,17-18H,7-10H2,1-2H3. The summed E-state index contributed by atoms with van der Waals surface area (Å²) in [5.41, 5.74) is 4.33. The third kappa shape index (κ3) is 2.78. The molecule has 1 aliphatic carbocycles. The molecular formula is C17H23N3. The predicted octanol–water partition coefficient (Wildman–Crippen LogP) is 3.19. The molecule has 0 saturated heterocycles. The fraction of sp³-hybridized carbons (Fsp3) is 0.471. The van der Waals surface area contributed by atoms with Gasteiger partial charge in [0.15, 0.2) is 0 Å². The fourth-order valence-corrected chi connectivity index (χ4v) is 3.21. The van der Waals surface area contributed by atoms with Crippen LogP contribution in [0.15, 0.2) is 36.7 Å². The van der Waals surface area contributed by atoms with Crippen molar-refractivity contribution in [2.45, 2.75) is 38.1 Å². The fourth-order valence-electron chi connectivity index (χ4n) is 3.21. The molecule has 0 saturated carbocycles. The number of aryl methyl sites for hydroxylation is 1. The number of nitrogens with zero attached hydrogens (tertiary/aromatic N) is 2. The molecule has 0 amide bonds. The highest BCUT2D eigenvalue weighted by molar-refractivity contribution is 5.34. The molecule has 3 heteroatoms. The van der Waals surface area contributed by atoms with Gasteiger partial charge < -0.3 is 5.32 Å². The number of fused-ring (bicyclic) bond motifs is 1. The Kier molecular flexibility index (Phi) is 3.88. The lowest BCUT2D eigenvalue weighted by Gasteiger charge is -2.30. The highest BCUT2D eigenvalue weighted by atomic mass is 15.2. The molecule has 0 radical (unpaired) electrons. The Labute approximate surface area is 121 Å². The maximum absolute atomic E-state index is 4.22. The summed E-state index contributed by atoms with van der Waals surface area (Å²) in [7, 11) is 1.97. The molecule has 1 aromatic carbocycles. The summed E-state index contributed by atoms with van der Waals surface area (Å²) in [5, 5.41) is 7.94. The zero-order valence-corrected chi connectivity index (χ0v) is 12.3. The third-order valence-electron chi connectivity index (χ3n) is 4.35. The van der Waals surface area contributed by atoms with Gasteiger partial charge in [-0.2, -0.15) is 5.10 Å². The number of hydrogen-bond donors (Lipinski definition) is 1. The molecule has 0 fully saturated rings. The van der Waals surface area contributed by atoms with Gasteiger partial charge in [0, 0.05) is 19.3 Å². The van der Waals surface area contributed by atoms with Crippen LogP contribution in [0.2, 0.25) is 0 Å². The van der Waals surface area contributed by atoms with Crippen LogP contribution in [0.4, 0.5) is 0 Å². The first-order valence-corrected chi connectivity index (χ1v) is 7.54. The van der Waals surface area contributed by atoms with Gasteiger partial charge in [-0.15, -0.1) is 0 Å². The van der Waals surface area contributed by atoms with Crippen LogP contribution in [0.5, 0.6) is 0 Å². The minimum atomic E-state index is 0.513. The summed E-state index contributed by atoms with van der Waals surface area (Å²) in [4.78, 5) is 0. The monoisotopic (exact) mass is 269 g/mol. The van der Waals surface area contributed by atoms with Crippen LogP contribution in [-0.2, 0) is 13.5 Å². The third-order valence-corrected chi connectivity index (χ3v) is 4.35. The molecule has 1 aliphatic rings. The minimum Gasteiger partial charge on any atom is -0.310 e. The van der Waals surface area contributed by atoms with Gasteiger partial charge in [0.05, 0.1) is 6.20 Å². The van der Waals surface area contributed by atoms with E-state index in [0.29, 0.717) is 12.0 Å². The average molecular weight is 269 g/mol. The zero-order valence-electron chi connectivity index (χ0n) is 12.3. The van der Waals surface area contributed by atoms with Gasteiger partial charge in [-0.1, -0.05) is 31.2 Å². The molecule has 2 unspecified atom stereocenters. The average Bonchev–Trinajstić information content (AvgIpc) is 2.87. The van der Waals surface area contributed by atoms with Crippen LogP contribution in [0.25, 0.3) is 0 Å². The Bertz CT molecular complexity index is 573. The molecule has 1 heterocycles. The molecule has 3 nitrogen and oxygen atoms in total. The quantitative estimate of drug-likeness (QED) is 0.924. The zero-order chi connectivity index (χ0) is 13.9. The van der Waals surface area contributed by atoms with E-state index in [1.54, 1.807) is 0 Å². The number of aromatic nitrogens is 2. The van der Waals surface area contributed by atoms with E-state index in [-0.39, 0.29) is 0 Å². The van der Waals surface area contributed by atoms with E-state index in [4.69, 9.17) is 0 Å². The van der Waals surface area contributed by atoms with Crippen molar-refractivity contribution >= 4 is 0 Å². The Morgan fingerprint density at radius 1 is 1.25 bits per heavy atom. The summed E-state index contributed by atoms with van der Waals surface area (Å²) < 4.78 is 1.87. The van der Waals surface area contributed by atoms with Crippen LogP contribution < -0.4 is 5.32 Å². The van der Waals surface area contributed by atoms with E-state index < -0.39 is 0 Å². The first kappa shape index (κ1) is 13.4. The van der Waals surface area contributed by atoms with E-state index in [1.807, 2.05) is 17.9 Å². The largest absolute Gasteiger partial charge is 0.310 e. The van der Waals surface area contributed by atoms with Crippen molar-refractivity contribution < 1.29 is 0 Å². The van der Waals surface area contributed by atoms with Crippen LogP contribution >= 0.6 is 0 Å². The van der Waals surface area contributed by atoms with Gasteiger partial charge in [0.25, 0.3) is 0 Å². The molecule has 0 spiro atoms. The molecule has 0 aliphatic heterocycles. The molecular weight excluding hydrogens is 246 g/mol. The van der Waals surface area contributed by atoms with E-state index in [9.17, 15) is 0 Å². The van der Waals surface area contributed by atoms with Gasteiger partial charge in [-0.05, 0) is 48.4 Å².